The SMILES string of the molecule is O=C(COCC(F)(F)F)Nc1c2c(nn1-c1ccccc1)CCC2. The molecule has 0 radical (unpaired) electrons. The fraction of sp³-hybridized carbons (Fsp3) is 0.375. The molecule has 0 fully saturated rings. The van der Waals surface area contributed by atoms with Crippen LogP contribution in [0.25, 0.3) is 5.69 Å². The van der Waals surface area contributed by atoms with E-state index < -0.39 is 25.3 Å². The fourth-order valence-electron chi connectivity index (χ4n) is 2.70. The molecule has 0 spiro atoms. The average Bonchev–Trinajstić information content (AvgIpc) is 3.09. The lowest BCUT2D eigenvalue weighted by molar-refractivity contribution is -0.174. The Morgan fingerprint density at radius 3 is 2.71 bits per heavy atom. The number of rotatable bonds is 5. The molecule has 0 atom stereocenters. The van der Waals surface area contributed by atoms with Gasteiger partial charge in [0.1, 0.15) is 19.0 Å². The van der Waals surface area contributed by atoms with Crippen molar-refractivity contribution in [3.05, 3.63) is 41.6 Å². The predicted octanol–water partition coefficient (Wildman–Crippen LogP) is 2.88. The van der Waals surface area contributed by atoms with E-state index in [1.54, 1.807) is 4.68 Å². The van der Waals surface area contributed by atoms with Crippen LogP contribution in [-0.4, -0.2) is 35.1 Å². The molecule has 0 saturated carbocycles. The molecule has 24 heavy (non-hydrogen) atoms. The smallest absolute Gasteiger partial charge is 0.362 e. The molecule has 1 aliphatic carbocycles. The molecule has 1 amide bonds. The minimum Gasteiger partial charge on any atom is -0.362 e. The van der Waals surface area contributed by atoms with E-state index >= 15 is 0 Å². The third kappa shape index (κ3) is 3.76. The lowest BCUT2D eigenvalue weighted by Gasteiger charge is -2.12. The molecular formula is C16H16F3N3O2. The number of nitrogens with zero attached hydrogens (tertiary/aromatic N) is 2. The van der Waals surface area contributed by atoms with Crippen LogP contribution >= 0.6 is 0 Å². The number of nitrogens with one attached hydrogen (secondary N) is 1. The summed E-state index contributed by atoms with van der Waals surface area (Å²) in [5, 5.41) is 7.16. The van der Waals surface area contributed by atoms with E-state index in [1.165, 1.54) is 0 Å². The van der Waals surface area contributed by atoms with Crippen molar-refractivity contribution < 1.29 is 22.7 Å². The van der Waals surface area contributed by atoms with Gasteiger partial charge in [0.2, 0.25) is 0 Å². The van der Waals surface area contributed by atoms with Gasteiger partial charge in [-0.3, -0.25) is 4.79 Å². The lowest BCUT2D eigenvalue weighted by Crippen LogP contribution is -2.25. The highest BCUT2D eigenvalue weighted by Crippen LogP contribution is 2.30. The Kier molecular flexibility index (Phi) is 4.57. The van der Waals surface area contributed by atoms with Gasteiger partial charge >= 0.3 is 6.18 Å². The Morgan fingerprint density at radius 2 is 2.00 bits per heavy atom. The van der Waals surface area contributed by atoms with Crippen molar-refractivity contribution in [1.29, 1.82) is 0 Å². The summed E-state index contributed by atoms with van der Waals surface area (Å²) in [4.78, 5) is 11.9. The van der Waals surface area contributed by atoms with Gasteiger partial charge in [-0.1, -0.05) is 18.2 Å². The summed E-state index contributed by atoms with van der Waals surface area (Å²) in [6, 6.07) is 9.25. The lowest BCUT2D eigenvalue weighted by atomic mass is 10.2. The topological polar surface area (TPSA) is 56.1 Å². The molecule has 128 valence electrons. The van der Waals surface area contributed by atoms with E-state index in [1.807, 2.05) is 30.3 Å². The summed E-state index contributed by atoms with van der Waals surface area (Å²) in [7, 11) is 0. The van der Waals surface area contributed by atoms with Crippen molar-refractivity contribution in [2.45, 2.75) is 25.4 Å². The fourth-order valence-corrected chi connectivity index (χ4v) is 2.70. The quantitative estimate of drug-likeness (QED) is 0.911. The second-order valence-electron chi connectivity index (χ2n) is 5.53. The van der Waals surface area contributed by atoms with Crippen LogP contribution in [0.4, 0.5) is 19.0 Å². The molecule has 0 saturated heterocycles. The Balaban J connectivity index is 1.76. The van der Waals surface area contributed by atoms with Crippen LogP contribution in [0.1, 0.15) is 17.7 Å². The van der Waals surface area contributed by atoms with Crippen molar-refractivity contribution in [2.75, 3.05) is 18.5 Å². The molecule has 0 bridgehead atoms. The normalized spacial score (nSPS) is 13.8. The van der Waals surface area contributed by atoms with Crippen LogP contribution in [-0.2, 0) is 22.4 Å². The third-order valence-electron chi connectivity index (χ3n) is 3.66. The van der Waals surface area contributed by atoms with Gasteiger partial charge in [-0.2, -0.15) is 18.3 Å². The number of hydrogen-bond donors (Lipinski definition) is 1. The van der Waals surface area contributed by atoms with E-state index in [-0.39, 0.29) is 0 Å². The van der Waals surface area contributed by atoms with Gasteiger partial charge in [-0.15, -0.1) is 0 Å². The molecule has 0 aliphatic heterocycles. The number of alkyl halides is 3. The maximum absolute atomic E-state index is 12.1. The molecule has 1 aromatic heterocycles. The van der Waals surface area contributed by atoms with Crippen LogP contribution in [0, 0.1) is 0 Å². The first kappa shape index (κ1) is 16.5. The zero-order valence-corrected chi connectivity index (χ0v) is 12.8. The van der Waals surface area contributed by atoms with Crippen LogP contribution in [0.5, 0.6) is 0 Å². The molecule has 3 rings (SSSR count). The number of ether oxygens (including phenoxy) is 1. The monoisotopic (exact) mass is 339 g/mol. The summed E-state index contributed by atoms with van der Waals surface area (Å²) in [5.41, 5.74) is 2.62. The van der Waals surface area contributed by atoms with Crippen LogP contribution in [0.15, 0.2) is 30.3 Å². The molecule has 0 unspecified atom stereocenters. The first-order valence-electron chi connectivity index (χ1n) is 7.54. The number of para-hydroxylation sites is 1. The van der Waals surface area contributed by atoms with Crippen LogP contribution in [0.3, 0.4) is 0 Å². The summed E-state index contributed by atoms with van der Waals surface area (Å²) in [6.07, 6.45) is -1.90. The number of hydrogen-bond acceptors (Lipinski definition) is 3. The van der Waals surface area contributed by atoms with Crippen molar-refractivity contribution >= 4 is 11.7 Å². The molecule has 1 N–H and O–H groups in total. The number of halogens is 3. The van der Waals surface area contributed by atoms with Crippen molar-refractivity contribution in [3.8, 4) is 5.69 Å². The Bertz CT molecular complexity index is 726. The van der Waals surface area contributed by atoms with Gasteiger partial charge in [0, 0.05) is 5.56 Å². The number of anilines is 1. The maximum Gasteiger partial charge on any atom is 0.411 e. The second kappa shape index (κ2) is 6.64. The molecule has 1 heterocycles. The van der Waals surface area contributed by atoms with Gasteiger partial charge < -0.3 is 10.1 Å². The minimum absolute atomic E-state index is 0.509. The van der Waals surface area contributed by atoms with Gasteiger partial charge in [0.25, 0.3) is 5.91 Å². The maximum atomic E-state index is 12.1. The standard InChI is InChI=1S/C16H16F3N3O2/c17-16(18,19)10-24-9-14(23)20-15-12-7-4-8-13(12)21-22(15)11-5-2-1-3-6-11/h1-3,5-6H,4,7-10H2,(H,20,23). The largest absolute Gasteiger partial charge is 0.411 e. The Labute approximate surface area is 136 Å². The highest BCUT2D eigenvalue weighted by Gasteiger charge is 2.28. The van der Waals surface area contributed by atoms with Crippen LogP contribution < -0.4 is 5.32 Å². The highest BCUT2D eigenvalue weighted by atomic mass is 19.4. The first-order chi connectivity index (χ1) is 11.4. The summed E-state index contributed by atoms with van der Waals surface area (Å²) in [5.74, 6) is -0.125. The van der Waals surface area contributed by atoms with E-state index in [4.69, 9.17) is 0 Å². The zero-order chi connectivity index (χ0) is 17.2. The number of fused-ring (bicyclic) bond motifs is 1. The number of aromatic nitrogens is 2. The second-order valence-corrected chi connectivity index (χ2v) is 5.53. The average molecular weight is 339 g/mol. The van der Waals surface area contributed by atoms with Crippen molar-refractivity contribution in [2.24, 2.45) is 0 Å². The predicted molar refractivity (Wildman–Crippen MR) is 81.1 cm³/mol. The van der Waals surface area contributed by atoms with Crippen molar-refractivity contribution in [3.63, 3.8) is 0 Å². The minimum atomic E-state index is -4.45. The van der Waals surface area contributed by atoms with E-state index in [9.17, 15) is 18.0 Å². The van der Waals surface area contributed by atoms with Gasteiger partial charge in [-0.25, -0.2) is 4.68 Å². The summed E-state index contributed by atoms with van der Waals surface area (Å²) in [6.45, 7) is -2.11. The Hall–Kier alpha value is -2.35. The Morgan fingerprint density at radius 1 is 1.25 bits per heavy atom. The molecule has 1 aromatic carbocycles. The van der Waals surface area contributed by atoms with Gasteiger partial charge in [0.05, 0.1) is 11.4 Å². The van der Waals surface area contributed by atoms with Crippen molar-refractivity contribution in [1.82, 2.24) is 9.78 Å². The number of carbonyl (C=O) groups excluding carboxylic acids is 1. The molecule has 5 nitrogen and oxygen atoms in total. The number of carbonyl (C=O) groups is 1. The zero-order valence-electron chi connectivity index (χ0n) is 12.8. The van der Waals surface area contributed by atoms with Gasteiger partial charge in [0.15, 0.2) is 0 Å². The first-order valence-corrected chi connectivity index (χ1v) is 7.54. The molecule has 2 aromatic rings. The number of aryl methyl sites for hydroxylation is 1. The third-order valence-corrected chi connectivity index (χ3v) is 3.66. The highest BCUT2D eigenvalue weighted by molar-refractivity contribution is 5.92. The molecule has 8 heteroatoms. The number of amides is 1. The van der Waals surface area contributed by atoms with Crippen LogP contribution in [0.2, 0.25) is 0 Å². The summed E-state index contributed by atoms with van der Waals surface area (Å²) < 4.78 is 42.3. The molecular weight excluding hydrogens is 323 g/mol. The van der Waals surface area contributed by atoms with Gasteiger partial charge in [-0.05, 0) is 31.4 Å². The summed E-state index contributed by atoms with van der Waals surface area (Å²) >= 11 is 0. The number of benzene rings is 1. The van der Waals surface area contributed by atoms with E-state index in [0.717, 1.165) is 36.2 Å². The van der Waals surface area contributed by atoms with E-state index in [2.05, 4.69) is 15.2 Å². The molecule has 1 aliphatic rings. The van der Waals surface area contributed by atoms with E-state index in [0.29, 0.717) is 5.82 Å².